The third-order valence-corrected chi connectivity index (χ3v) is 7.01. The van der Waals surface area contributed by atoms with Crippen LogP contribution in [0.2, 0.25) is 0 Å². The highest BCUT2D eigenvalue weighted by Crippen LogP contribution is 2.54. The van der Waals surface area contributed by atoms with Crippen LogP contribution in [0, 0.1) is 17.8 Å². The van der Waals surface area contributed by atoms with Gasteiger partial charge < -0.3 is 10.2 Å². The molecule has 2 aromatic carbocycles. The number of para-hydroxylation sites is 1. The highest BCUT2D eigenvalue weighted by atomic mass is 16.2. The second kappa shape index (κ2) is 6.77. The minimum Gasteiger partial charge on any atom is -0.342 e. The predicted molar refractivity (Wildman–Crippen MR) is 109 cm³/mol. The molecule has 3 aliphatic rings. The van der Waals surface area contributed by atoms with Gasteiger partial charge in [-0.05, 0) is 47.8 Å². The van der Waals surface area contributed by atoms with Crippen LogP contribution in [0.3, 0.4) is 0 Å². The van der Waals surface area contributed by atoms with E-state index in [2.05, 4.69) is 42.6 Å². The molecule has 0 bridgehead atoms. The Labute approximate surface area is 165 Å². The first-order valence-corrected chi connectivity index (χ1v) is 10.4. The van der Waals surface area contributed by atoms with Crippen molar-refractivity contribution in [2.24, 2.45) is 17.8 Å². The van der Waals surface area contributed by atoms with Gasteiger partial charge in [0.25, 0.3) is 0 Å². The smallest absolute Gasteiger partial charge is 0.232 e. The number of amides is 2. The summed E-state index contributed by atoms with van der Waals surface area (Å²) in [6.45, 7) is 3.72. The Morgan fingerprint density at radius 3 is 2.43 bits per heavy atom. The van der Waals surface area contributed by atoms with Crippen LogP contribution in [0.15, 0.2) is 54.6 Å². The molecule has 2 aromatic rings. The second-order valence-electron chi connectivity index (χ2n) is 8.54. The van der Waals surface area contributed by atoms with Gasteiger partial charge in [0.1, 0.15) is 0 Å². The van der Waals surface area contributed by atoms with E-state index in [4.69, 9.17) is 0 Å². The Morgan fingerprint density at radius 2 is 1.68 bits per heavy atom. The Kier molecular flexibility index (Phi) is 4.22. The van der Waals surface area contributed by atoms with Crippen molar-refractivity contribution in [2.75, 3.05) is 18.4 Å². The van der Waals surface area contributed by atoms with Gasteiger partial charge in [-0.3, -0.25) is 9.59 Å². The van der Waals surface area contributed by atoms with Gasteiger partial charge in [-0.25, -0.2) is 0 Å². The number of likely N-dealkylation sites (tertiary alicyclic amines) is 1. The fourth-order valence-corrected chi connectivity index (χ4v) is 5.39. The molecule has 2 amide bonds. The molecule has 1 saturated carbocycles. The minimum absolute atomic E-state index is 0.0645. The molecule has 2 fully saturated rings. The quantitative estimate of drug-likeness (QED) is 0.882. The number of anilines is 1. The van der Waals surface area contributed by atoms with E-state index in [0.29, 0.717) is 23.7 Å². The molecule has 0 radical (unpaired) electrons. The number of carbonyl (C=O) groups is 2. The zero-order chi connectivity index (χ0) is 19.3. The number of hydrogen-bond acceptors (Lipinski definition) is 2. The van der Waals surface area contributed by atoms with Crippen LogP contribution in [0.4, 0.5) is 5.69 Å². The number of fused-ring (bicyclic) bond motifs is 1. The predicted octanol–water partition coefficient (Wildman–Crippen LogP) is 4.01. The van der Waals surface area contributed by atoms with Crippen molar-refractivity contribution in [1.82, 2.24) is 4.90 Å². The number of carbonyl (C=O) groups excluding carboxylic acids is 2. The molecule has 4 unspecified atom stereocenters. The zero-order valence-corrected chi connectivity index (χ0v) is 16.2. The standard InChI is InChI=1S/C24H26N2O2/c1-15-20(16-7-3-2-4-8-16)21(15)24(28)26-13-11-17(12-14-26)22-18-9-5-6-10-19(18)25-23(22)27/h2-10,15,17,20-22H,11-14H2,1H3,(H,25,27). The molecule has 0 spiro atoms. The molecule has 1 aliphatic carbocycles. The summed E-state index contributed by atoms with van der Waals surface area (Å²) in [6.07, 6.45) is 1.80. The summed E-state index contributed by atoms with van der Waals surface area (Å²) in [5, 5.41) is 3.02. The van der Waals surface area contributed by atoms with Crippen LogP contribution in [-0.4, -0.2) is 29.8 Å². The van der Waals surface area contributed by atoms with E-state index in [1.807, 2.05) is 29.2 Å². The molecule has 5 rings (SSSR count). The maximum atomic E-state index is 13.1. The Bertz CT molecular complexity index is 902. The fourth-order valence-electron chi connectivity index (χ4n) is 5.39. The number of benzene rings is 2. The highest BCUT2D eigenvalue weighted by molar-refractivity contribution is 6.03. The molecule has 4 heteroatoms. The number of nitrogens with one attached hydrogen (secondary N) is 1. The van der Waals surface area contributed by atoms with Crippen molar-refractivity contribution in [3.63, 3.8) is 0 Å². The van der Waals surface area contributed by atoms with Crippen molar-refractivity contribution >= 4 is 17.5 Å². The van der Waals surface area contributed by atoms with Crippen LogP contribution >= 0.6 is 0 Å². The van der Waals surface area contributed by atoms with Crippen molar-refractivity contribution in [3.8, 4) is 0 Å². The lowest BCUT2D eigenvalue weighted by Crippen LogP contribution is -2.41. The Balaban J connectivity index is 1.23. The van der Waals surface area contributed by atoms with Crippen LogP contribution in [-0.2, 0) is 9.59 Å². The van der Waals surface area contributed by atoms with Crippen molar-refractivity contribution in [3.05, 3.63) is 65.7 Å². The molecule has 28 heavy (non-hydrogen) atoms. The topological polar surface area (TPSA) is 49.4 Å². The lowest BCUT2D eigenvalue weighted by atomic mass is 9.80. The Hall–Kier alpha value is -2.62. The van der Waals surface area contributed by atoms with E-state index in [1.165, 1.54) is 5.56 Å². The number of hydrogen-bond donors (Lipinski definition) is 1. The average Bonchev–Trinajstić information content (AvgIpc) is 3.28. The monoisotopic (exact) mass is 374 g/mol. The van der Waals surface area contributed by atoms with Crippen molar-refractivity contribution in [1.29, 1.82) is 0 Å². The van der Waals surface area contributed by atoms with Crippen LogP contribution in [0.5, 0.6) is 0 Å². The van der Waals surface area contributed by atoms with E-state index in [1.54, 1.807) is 0 Å². The van der Waals surface area contributed by atoms with E-state index in [0.717, 1.165) is 37.2 Å². The molecule has 4 nitrogen and oxygen atoms in total. The number of nitrogens with zero attached hydrogens (tertiary/aromatic N) is 1. The lowest BCUT2D eigenvalue weighted by molar-refractivity contribution is -0.134. The van der Waals surface area contributed by atoms with E-state index < -0.39 is 0 Å². The molecule has 2 aliphatic heterocycles. The third-order valence-electron chi connectivity index (χ3n) is 7.01. The molecule has 0 aromatic heterocycles. The van der Waals surface area contributed by atoms with Gasteiger partial charge in [0.2, 0.25) is 11.8 Å². The lowest BCUT2D eigenvalue weighted by Gasteiger charge is -2.34. The van der Waals surface area contributed by atoms with Gasteiger partial charge in [-0.15, -0.1) is 0 Å². The van der Waals surface area contributed by atoms with Gasteiger partial charge in [0, 0.05) is 24.7 Å². The van der Waals surface area contributed by atoms with Crippen LogP contribution < -0.4 is 5.32 Å². The zero-order valence-electron chi connectivity index (χ0n) is 16.2. The number of rotatable bonds is 3. The summed E-state index contributed by atoms with van der Waals surface area (Å²) >= 11 is 0. The van der Waals surface area contributed by atoms with Crippen LogP contribution in [0.1, 0.15) is 42.7 Å². The summed E-state index contributed by atoms with van der Waals surface area (Å²) in [6, 6.07) is 18.4. The first-order chi connectivity index (χ1) is 13.6. The number of piperidine rings is 1. The largest absolute Gasteiger partial charge is 0.342 e. The van der Waals surface area contributed by atoms with Crippen LogP contribution in [0.25, 0.3) is 0 Å². The highest BCUT2D eigenvalue weighted by Gasteiger charge is 2.53. The second-order valence-corrected chi connectivity index (χ2v) is 8.54. The average molecular weight is 374 g/mol. The van der Waals surface area contributed by atoms with Gasteiger partial charge in [0.15, 0.2) is 0 Å². The summed E-state index contributed by atoms with van der Waals surface area (Å²) in [4.78, 5) is 27.6. The molecule has 2 heterocycles. The summed E-state index contributed by atoms with van der Waals surface area (Å²) in [7, 11) is 0. The molecule has 1 saturated heterocycles. The van der Waals surface area contributed by atoms with E-state index >= 15 is 0 Å². The minimum atomic E-state index is -0.0645. The SMILES string of the molecule is CC1C(C(=O)N2CCC(C3C(=O)Nc4ccccc43)CC2)C1c1ccccc1. The fraction of sp³-hybridized carbons (Fsp3) is 0.417. The molecular formula is C24H26N2O2. The first-order valence-electron chi connectivity index (χ1n) is 10.4. The van der Waals surface area contributed by atoms with Gasteiger partial charge in [-0.2, -0.15) is 0 Å². The molecule has 4 atom stereocenters. The third kappa shape index (κ3) is 2.83. The molecule has 144 valence electrons. The van der Waals surface area contributed by atoms with Crippen molar-refractivity contribution < 1.29 is 9.59 Å². The summed E-state index contributed by atoms with van der Waals surface area (Å²) in [5.74, 6) is 1.56. The van der Waals surface area contributed by atoms with Gasteiger partial charge >= 0.3 is 0 Å². The Morgan fingerprint density at radius 1 is 1.00 bits per heavy atom. The molecular weight excluding hydrogens is 348 g/mol. The maximum Gasteiger partial charge on any atom is 0.232 e. The van der Waals surface area contributed by atoms with E-state index in [-0.39, 0.29) is 17.7 Å². The van der Waals surface area contributed by atoms with Crippen molar-refractivity contribution in [2.45, 2.75) is 31.6 Å². The first kappa shape index (κ1) is 17.5. The normalized spacial score (nSPS) is 29.3. The van der Waals surface area contributed by atoms with Gasteiger partial charge in [0.05, 0.1) is 5.92 Å². The summed E-state index contributed by atoms with van der Waals surface area (Å²) < 4.78 is 0. The maximum absolute atomic E-state index is 13.1. The van der Waals surface area contributed by atoms with Gasteiger partial charge in [-0.1, -0.05) is 55.5 Å². The van der Waals surface area contributed by atoms with E-state index in [9.17, 15) is 9.59 Å². The molecule has 1 N–H and O–H groups in total. The summed E-state index contributed by atoms with van der Waals surface area (Å²) in [5.41, 5.74) is 3.35.